The highest BCUT2D eigenvalue weighted by Gasteiger charge is 2.45. The van der Waals surface area contributed by atoms with Crippen molar-refractivity contribution >= 4 is 0 Å². The van der Waals surface area contributed by atoms with E-state index in [4.69, 9.17) is 14.2 Å². The van der Waals surface area contributed by atoms with Gasteiger partial charge >= 0.3 is 0 Å². The highest BCUT2D eigenvalue weighted by atomic mass is 16.5. The Bertz CT molecular complexity index is 507. The van der Waals surface area contributed by atoms with Crippen molar-refractivity contribution in [1.82, 2.24) is 9.88 Å². The van der Waals surface area contributed by atoms with Gasteiger partial charge in [0.2, 0.25) is 0 Å². The van der Waals surface area contributed by atoms with E-state index in [0.29, 0.717) is 12.6 Å². The third-order valence-electron chi connectivity index (χ3n) is 5.63. The van der Waals surface area contributed by atoms with Crippen LogP contribution in [0.25, 0.3) is 0 Å². The molecule has 3 aliphatic rings. The van der Waals surface area contributed by atoms with E-state index >= 15 is 0 Å². The molecule has 3 aliphatic heterocycles. The summed E-state index contributed by atoms with van der Waals surface area (Å²) < 4.78 is 17.9. The minimum absolute atomic E-state index is 0.184. The fraction of sp³-hybridized carbons (Fsp3) is 0.737. The van der Waals surface area contributed by atoms with Crippen LogP contribution in [0.5, 0.6) is 0 Å². The summed E-state index contributed by atoms with van der Waals surface area (Å²) in [4.78, 5) is 6.71. The van der Waals surface area contributed by atoms with Gasteiger partial charge in [-0.1, -0.05) is 0 Å². The van der Waals surface area contributed by atoms with Gasteiger partial charge in [0, 0.05) is 51.3 Å². The van der Waals surface area contributed by atoms with Gasteiger partial charge in [-0.25, -0.2) is 0 Å². The van der Waals surface area contributed by atoms with E-state index < -0.39 is 0 Å². The number of hydrogen-bond acceptors (Lipinski definition) is 5. The molecule has 0 aromatic carbocycles. The summed E-state index contributed by atoms with van der Waals surface area (Å²) in [7, 11) is 0. The molecule has 0 radical (unpaired) electrons. The Labute approximate surface area is 144 Å². The van der Waals surface area contributed by atoms with Gasteiger partial charge in [-0.15, -0.1) is 0 Å². The Morgan fingerprint density at radius 3 is 2.79 bits per heavy atom. The van der Waals surface area contributed by atoms with Crippen LogP contribution < -0.4 is 0 Å². The Morgan fingerprint density at radius 2 is 1.96 bits per heavy atom. The maximum absolute atomic E-state index is 6.26. The molecule has 4 heterocycles. The summed E-state index contributed by atoms with van der Waals surface area (Å²) in [5.74, 6) is 0.764. The first-order valence-electron chi connectivity index (χ1n) is 9.34. The highest BCUT2D eigenvalue weighted by Crippen LogP contribution is 2.32. The monoisotopic (exact) mass is 332 g/mol. The summed E-state index contributed by atoms with van der Waals surface area (Å²) in [6.45, 7) is 5.53. The standard InChI is InChI=1S/C19H28N2O3/c1-2-17-19(23-9-1)18(24-14-16-3-7-20-8-4-16)13-21(17)12-15-5-10-22-11-6-15/h3-4,7-8,15,17-19H,1-2,5-6,9-14H2/t17-,18-,19+/m1/s1. The lowest BCUT2D eigenvalue weighted by Gasteiger charge is -2.34. The first-order valence-corrected chi connectivity index (χ1v) is 9.34. The third kappa shape index (κ3) is 3.80. The lowest BCUT2D eigenvalue weighted by Crippen LogP contribution is -2.43. The molecule has 0 unspecified atom stereocenters. The van der Waals surface area contributed by atoms with Crippen molar-refractivity contribution in [1.29, 1.82) is 0 Å². The van der Waals surface area contributed by atoms with Gasteiger partial charge in [-0.05, 0) is 49.3 Å². The summed E-state index contributed by atoms with van der Waals surface area (Å²) in [6.07, 6.45) is 8.86. The molecule has 4 rings (SSSR count). The van der Waals surface area contributed by atoms with Crippen LogP contribution >= 0.6 is 0 Å². The Morgan fingerprint density at radius 1 is 1.12 bits per heavy atom. The molecule has 0 N–H and O–H groups in total. The quantitative estimate of drug-likeness (QED) is 0.827. The van der Waals surface area contributed by atoms with Crippen LogP contribution in [0.2, 0.25) is 0 Å². The van der Waals surface area contributed by atoms with E-state index in [0.717, 1.165) is 32.3 Å². The molecule has 3 atom stereocenters. The van der Waals surface area contributed by atoms with Crippen molar-refractivity contribution in [2.75, 3.05) is 32.9 Å². The third-order valence-corrected chi connectivity index (χ3v) is 5.63. The fourth-order valence-electron chi connectivity index (χ4n) is 4.30. The minimum atomic E-state index is 0.184. The molecule has 24 heavy (non-hydrogen) atoms. The van der Waals surface area contributed by atoms with Crippen LogP contribution in [0, 0.1) is 5.92 Å². The normalized spacial score (nSPS) is 31.9. The van der Waals surface area contributed by atoms with E-state index in [-0.39, 0.29) is 12.2 Å². The van der Waals surface area contributed by atoms with Crippen molar-refractivity contribution < 1.29 is 14.2 Å². The molecule has 0 amide bonds. The van der Waals surface area contributed by atoms with Crippen LogP contribution in [-0.2, 0) is 20.8 Å². The number of pyridine rings is 1. The zero-order valence-corrected chi connectivity index (χ0v) is 14.3. The van der Waals surface area contributed by atoms with Crippen molar-refractivity contribution in [2.45, 2.75) is 50.5 Å². The lowest BCUT2D eigenvalue weighted by atomic mass is 9.97. The van der Waals surface area contributed by atoms with E-state index in [1.54, 1.807) is 0 Å². The highest BCUT2D eigenvalue weighted by molar-refractivity contribution is 5.08. The maximum Gasteiger partial charge on any atom is 0.100 e. The van der Waals surface area contributed by atoms with Crippen LogP contribution in [0.15, 0.2) is 24.5 Å². The molecular weight excluding hydrogens is 304 g/mol. The van der Waals surface area contributed by atoms with Gasteiger partial charge < -0.3 is 14.2 Å². The van der Waals surface area contributed by atoms with E-state index in [9.17, 15) is 0 Å². The van der Waals surface area contributed by atoms with E-state index in [1.165, 1.54) is 37.8 Å². The fourth-order valence-corrected chi connectivity index (χ4v) is 4.30. The Kier molecular flexibility index (Phi) is 5.43. The second-order valence-corrected chi connectivity index (χ2v) is 7.26. The molecule has 0 bridgehead atoms. The predicted octanol–water partition coefficient (Wildman–Crippen LogP) is 2.26. The molecule has 0 saturated carbocycles. The molecule has 1 aromatic rings. The minimum Gasteiger partial charge on any atom is -0.381 e. The van der Waals surface area contributed by atoms with Crippen molar-refractivity contribution in [3.8, 4) is 0 Å². The average molecular weight is 332 g/mol. The lowest BCUT2D eigenvalue weighted by molar-refractivity contribution is -0.0822. The molecule has 3 fully saturated rings. The topological polar surface area (TPSA) is 43.8 Å². The summed E-state index contributed by atoms with van der Waals surface area (Å²) in [5.41, 5.74) is 1.18. The van der Waals surface area contributed by atoms with Gasteiger partial charge in [-0.2, -0.15) is 0 Å². The average Bonchev–Trinajstić information content (AvgIpc) is 3.00. The second kappa shape index (κ2) is 7.91. The number of rotatable bonds is 5. The molecule has 5 nitrogen and oxygen atoms in total. The Balaban J connectivity index is 1.37. The predicted molar refractivity (Wildman–Crippen MR) is 90.7 cm³/mol. The number of likely N-dealkylation sites (tertiary alicyclic amines) is 1. The van der Waals surface area contributed by atoms with Crippen molar-refractivity contribution in [3.63, 3.8) is 0 Å². The van der Waals surface area contributed by atoms with Crippen LogP contribution in [0.1, 0.15) is 31.2 Å². The molecule has 0 aliphatic carbocycles. The zero-order chi connectivity index (χ0) is 16.2. The number of hydrogen-bond donors (Lipinski definition) is 0. The molecule has 132 valence electrons. The number of fused-ring (bicyclic) bond motifs is 1. The number of aromatic nitrogens is 1. The summed E-state index contributed by atoms with van der Waals surface area (Å²) in [6, 6.07) is 4.58. The smallest absolute Gasteiger partial charge is 0.100 e. The maximum atomic E-state index is 6.26. The molecular formula is C19H28N2O3. The van der Waals surface area contributed by atoms with Gasteiger partial charge in [0.1, 0.15) is 6.10 Å². The zero-order valence-electron chi connectivity index (χ0n) is 14.3. The summed E-state index contributed by atoms with van der Waals surface area (Å²) in [5, 5.41) is 0. The summed E-state index contributed by atoms with van der Waals surface area (Å²) >= 11 is 0. The van der Waals surface area contributed by atoms with Gasteiger partial charge in [0.15, 0.2) is 0 Å². The van der Waals surface area contributed by atoms with Crippen LogP contribution in [-0.4, -0.2) is 61.0 Å². The van der Waals surface area contributed by atoms with Crippen molar-refractivity contribution in [2.24, 2.45) is 5.92 Å². The van der Waals surface area contributed by atoms with Crippen LogP contribution in [0.4, 0.5) is 0 Å². The molecule has 3 saturated heterocycles. The van der Waals surface area contributed by atoms with E-state index in [1.807, 2.05) is 24.5 Å². The molecule has 1 aromatic heterocycles. The molecule has 0 spiro atoms. The Hall–Kier alpha value is -1.01. The van der Waals surface area contributed by atoms with Crippen molar-refractivity contribution in [3.05, 3.63) is 30.1 Å². The SMILES string of the molecule is c1cc(CO[C@@H]2CN(CC3CCOCC3)[C@@H]3CCCO[C@@H]32)ccn1. The van der Waals surface area contributed by atoms with Crippen LogP contribution in [0.3, 0.4) is 0 Å². The second-order valence-electron chi connectivity index (χ2n) is 7.26. The van der Waals surface area contributed by atoms with Gasteiger partial charge in [-0.3, -0.25) is 9.88 Å². The van der Waals surface area contributed by atoms with Gasteiger partial charge in [0.05, 0.1) is 12.7 Å². The van der Waals surface area contributed by atoms with Gasteiger partial charge in [0.25, 0.3) is 0 Å². The first-order chi connectivity index (χ1) is 11.9. The van der Waals surface area contributed by atoms with E-state index in [2.05, 4.69) is 9.88 Å². The number of ether oxygens (including phenoxy) is 3. The first kappa shape index (κ1) is 16.5. The largest absolute Gasteiger partial charge is 0.381 e. The molecule has 5 heteroatoms. The number of nitrogens with zero attached hydrogens (tertiary/aromatic N) is 2.